The average molecular weight is 342 g/mol. The van der Waals surface area contributed by atoms with Crippen LogP contribution in [-0.4, -0.2) is 16.5 Å². The zero-order valence-electron chi connectivity index (χ0n) is 11.6. The number of hydrogen-bond acceptors (Lipinski definition) is 4. The molecule has 3 aromatic rings. The Morgan fingerprint density at radius 3 is 2.42 bits per heavy atom. The Morgan fingerprint density at radius 1 is 0.958 bits per heavy atom. The van der Waals surface area contributed by atoms with Crippen LogP contribution in [0.5, 0.6) is 5.75 Å². The normalized spacial score (nSPS) is 11.5. The van der Waals surface area contributed by atoms with Gasteiger partial charge in [-0.2, -0.15) is 0 Å². The van der Waals surface area contributed by atoms with Crippen molar-refractivity contribution in [2.24, 2.45) is 0 Å². The maximum absolute atomic E-state index is 13.7. The van der Waals surface area contributed by atoms with Crippen LogP contribution in [0.25, 0.3) is 22.6 Å². The van der Waals surface area contributed by atoms with Crippen molar-refractivity contribution in [3.05, 3.63) is 54.4 Å². The van der Waals surface area contributed by atoms with Crippen molar-refractivity contribution in [1.29, 1.82) is 0 Å². The van der Waals surface area contributed by atoms with Crippen molar-refractivity contribution in [2.45, 2.75) is 6.36 Å². The third-order valence-corrected chi connectivity index (χ3v) is 2.95. The average Bonchev–Trinajstić information content (AvgIpc) is 2.98. The van der Waals surface area contributed by atoms with Gasteiger partial charge in [-0.25, -0.2) is 8.78 Å². The molecule has 0 saturated carbocycles. The summed E-state index contributed by atoms with van der Waals surface area (Å²) in [6.45, 7) is 0. The second-order valence-corrected chi connectivity index (χ2v) is 4.66. The molecule has 124 valence electrons. The SMILES string of the molecule is Fc1cncc(-c2cc(-c3ccc(OC(F)(F)F)c(F)c3)on2)c1. The number of pyridine rings is 1. The van der Waals surface area contributed by atoms with Gasteiger partial charge in [0.15, 0.2) is 17.3 Å². The fraction of sp³-hybridized carbons (Fsp3) is 0.0667. The molecular formula is C15H7F5N2O2. The highest BCUT2D eigenvalue weighted by Gasteiger charge is 2.32. The minimum Gasteiger partial charge on any atom is -0.403 e. The van der Waals surface area contributed by atoms with E-state index in [2.05, 4.69) is 14.9 Å². The van der Waals surface area contributed by atoms with Gasteiger partial charge in [-0.1, -0.05) is 5.16 Å². The third kappa shape index (κ3) is 3.50. The molecule has 0 saturated heterocycles. The maximum Gasteiger partial charge on any atom is 0.573 e. The van der Waals surface area contributed by atoms with Crippen LogP contribution in [0.3, 0.4) is 0 Å². The molecule has 0 aliphatic carbocycles. The molecule has 24 heavy (non-hydrogen) atoms. The van der Waals surface area contributed by atoms with Crippen LogP contribution in [0.1, 0.15) is 0 Å². The van der Waals surface area contributed by atoms with Gasteiger partial charge in [-0.15, -0.1) is 13.2 Å². The molecular weight excluding hydrogens is 335 g/mol. The Balaban J connectivity index is 1.89. The van der Waals surface area contributed by atoms with E-state index in [0.29, 0.717) is 5.56 Å². The Labute approximate surface area is 131 Å². The summed E-state index contributed by atoms with van der Waals surface area (Å²) >= 11 is 0. The summed E-state index contributed by atoms with van der Waals surface area (Å²) in [5.41, 5.74) is 0.723. The number of rotatable bonds is 3. The predicted molar refractivity (Wildman–Crippen MR) is 71.8 cm³/mol. The quantitative estimate of drug-likeness (QED) is 0.654. The molecule has 0 atom stereocenters. The smallest absolute Gasteiger partial charge is 0.403 e. The first kappa shape index (κ1) is 15.9. The van der Waals surface area contributed by atoms with E-state index in [9.17, 15) is 22.0 Å². The highest BCUT2D eigenvalue weighted by molar-refractivity contribution is 5.66. The van der Waals surface area contributed by atoms with E-state index >= 15 is 0 Å². The van der Waals surface area contributed by atoms with Crippen molar-refractivity contribution in [3.8, 4) is 28.3 Å². The van der Waals surface area contributed by atoms with Crippen LogP contribution in [0.4, 0.5) is 22.0 Å². The van der Waals surface area contributed by atoms with Gasteiger partial charge in [-0.3, -0.25) is 4.98 Å². The minimum absolute atomic E-state index is 0.0896. The van der Waals surface area contributed by atoms with Gasteiger partial charge in [0.2, 0.25) is 0 Å². The van der Waals surface area contributed by atoms with Crippen LogP contribution < -0.4 is 4.74 Å². The van der Waals surface area contributed by atoms with Crippen LogP contribution >= 0.6 is 0 Å². The van der Waals surface area contributed by atoms with Gasteiger partial charge in [0.05, 0.1) is 6.20 Å². The van der Waals surface area contributed by atoms with E-state index in [-0.39, 0.29) is 17.0 Å². The highest BCUT2D eigenvalue weighted by atomic mass is 19.4. The third-order valence-electron chi connectivity index (χ3n) is 2.95. The van der Waals surface area contributed by atoms with Gasteiger partial charge in [0.1, 0.15) is 11.5 Å². The Hall–Kier alpha value is -2.97. The van der Waals surface area contributed by atoms with Gasteiger partial charge >= 0.3 is 6.36 Å². The van der Waals surface area contributed by atoms with E-state index in [1.54, 1.807) is 0 Å². The lowest BCUT2D eigenvalue weighted by Crippen LogP contribution is -2.17. The number of benzene rings is 1. The molecule has 0 bridgehead atoms. The first-order valence-electron chi connectivity index (χ1n) is 6.45. The summed E-state index contributed by atoms with van der Waals surface area (Å²) in [5.74, 6) is -2.65. The standard InChI is InChI=1S/C15H7F5N2O2/c16-10-3-9(6-21-7-10)12-5-14(24-22-12)8-1-2-13(11(17)4-8)23-15(18,19)20/h1-7H. The molecule has 0 fully saturated rings. The summed E-state index contributed by atoms with van der Waals surface area (Å²) in [6, 6.07) is 5.38. The van der Waals surface area contributed by atoms with E-state index in [1.807, 2.05) is 0 Å². The maximum atomic E-state index is 13.7. The largest absolute Gasteiger partial charge is 0.573 e. The van der Waals surface area contributed by atoms with E-state index < -0.39 is 23.7 Å². The van der Waals surface area contributed by atoms with E-state index in [0.717, 1.165) is 18.3 Å². The second kappa shape index (κ2) is 5.91. The highest BCUT2D eigenvalue weighted by Crippen LogP contribution is 2.31. The number of nitrogens with zero attached hydrogens (tertiary/aromatic N) is 2. The fourth-order valence-corrected chi connectivity index (χ4v) is 1.96. The number of alkyl halides is 3. The zero-order chi connectivity index (χ0) is 17.3. The number of halogens is 5. The molecule has 9 heteroatoms. The van der Waals surface area contributed by atoms with Crippen LogP contribution in [0.15, 0.2) is 47.2 Å². The van der Waals surface area contributed by atoms with Crippen molar-refractivity contribution in [1.82, 2.24) is 10.1 Å². The molecule has 0 radical (unpaired) electrons. The Bertz CT molecular complexity index is 876. The first-order chi connectivity index (χ1) is 11.3. The lowest BCUT2D eigenvalue weighted by atomic mass is 10.1. The second-order valence-electron chi connectivity index (χ2n) is 4.66. The van der Waals surface area contributed by atoms with Gasteiger partial charge < -0.3 is 9.26 Å². The molecule has 0 spiro atoms. The lowest BCUT2D eigenvalue weighted by molar-refractivity contribution is -0.275. The monoisotopic (exact) mass is 342 g/mol. The lowest BCUT2D eigenvalue weighted by Gasteiger charge is -2.09. The molecule has 3 rings (SSSR count). The Kier molecular flexibility index (Phi) is 3.92. The molecule has 2 aromatic heterocycles. The van der Waals surface area contributed by atoms with E-state index in [1.165, 1.54) is 24.4 Å². The van der Waals surface area contributed by atoms with Gasteiger partial charge in [0, 0.05) is 23.4 Å². The molecule has 0 aliphatic heterocycles. The first-order valence-corrected chi connectivity index (χ1v) is 6.45. The molecule has 0 unspecified atom stereocenters. The molecule has 0 amide bonds. The molecule has 1 aromatic carbocycles. The van der Waals surface area contributed by atoms with Crippen LogP contribution in [-0.2, 0) is 0 Å². The predicted octanol–water partition coefficient (Wildman–Crippen LogP) is 4.58. The molecule has 4 nitrogen and oxygen atoms in total. The van der Waals surface area contributed by atoms with Crippen LogP contribution in [0, 0.1) is 11.6 Å². The topological polar surface area (TPSA) is 48.2 Å². The van der Waals surface area contributed by atoms with E-state index in [4.69, 9.17) is 4.52 Å². The minimum atomic E-state index is -4.99. The number of ether oxygens (including phenoxy) is 1. The zero-order valence-corrected chi connectivity index (χ0v) is 11.6. The Morgan fingerprint density at radius 2 is 1.75 bits per heavy atom. The van der Waals surface area contributed by atoms with Gasteiger partial charge in [0.25, 0.3) is 0 Å². The number of hydrogen-bond donors (Lipinski definition) is 0. The molecule has 0 aliphatic rings. The molecule has 2 heterocycles. The summed E-state index contributed by atoms with van der Waals surface area (Å²) in [4.78, 5) is 3.66. The van der Waals surface area contributed by atoms with Crippen molar-refractivity contribution < 1.29 is 31.2 Å². The summed E-state index contributed by atoms with van der Waals surface area (Å²) in [7, 11) is 0. The van der Waals surface area contributed by atoms with Crippen LogP contribution in [0.2, 0.25) is 0 Å². The fourth-order valence-electron chi connectivity index (χ4n) is 1.96. The summed E-state index contributed by atoms with van der Waals surface area (Å²) < 4.78 is 71.7. The van der Waals surface area contributed by atoms with Crippen molar-refractivity contribution in [2.75, 3.05) is 0 Å². The summed E-state index contributed by atoms with van der Waals surface area (Å²) in [5, 5.41) is 3.70. The number of aromatic nitrogens is 2. The summed E-state index contributed by atoms with van der Waals surface area (Å²) in [6.07, 6.45) is -2.63. The van der Waals surface area contributed by atoms with Crippen molar-refractivity contribution >= 4 is 0 Å². The van der Waals surface area contributed by atoms with Crippen molar-refractivity contribution in [3.63, 3.8) is 0 Å². The van der Waals surface area contributed by atoms with Gasteiger partial charge in [-0.05, 0) is 24.3 Å². The molecule has 0 N–H and O–H groups in total.